The first-order valence-corrected chi connectivity index (χ1v) is 12.5. The van der Waals surface area contributed by atoms with Crippen LogP contribution in [-0.2, 0) is 0 Å². The summed E-state index contributed by atoms with van der Waals surface area (Å²) in [6.07, 6.45) is 0. The van der Waals surface area contributed by atoms with Gasteiger partial charge in [-0.05, 0) is 25.0 Å². The molecule has 0 amide bonds. The van der Waals surface area contributed by atoms with Gasteiger partial charge in [-0.15, -0.1) is 22.7 Å². The van der Waals surface area contributed by atoms with Crippen molar-refractivity contribution in [1.82, 2.24) is 0 Å². The minimum atomic E-state index is 1.29. The first kappa shape index (κ1) is 19.5. The van der Waals surface area contributed by atoms with Gasteiger partial charge in [0.2, 0.25) is 0 Å². The lowest BCUT2D eigenvalue weighted by molar-refractivity contribution is 1.48. The minimum Gasteiger partial charge on any atom is -0.133 e. The maximum Gasteiger partial charge on any atom is 0.0534 e. The van der Waals surface area contributed by atoms with E-state index in [4.69, 9.17) is 0 Å². The Bertz CT molecular complexity index is 1440. The lowest BCUT2D eigenvalue weighted by Crippen LogP contribution is -1.75. The molecule has 0 aliphatic carbocycles. The van der Waals surface area contributed by atoms with Gasteiger partial charge in [0, 0.05) is 31.3 Å². The largest absolute Gasteiger partial charge is 0.133 e. The zero-order chi connectivity index (χ0) is 21.7. The summed E-state index contributed by atoms with van der Waals surface area (Å²) in [6.45, 7) is 4.29. The lowest BCUT2D eigenvalue weighted by atomic mass is 10.0. The van der Waals surface area contributed by atoms with Gasteiger partial charge in [0.1, 0.15) is 0 Å². The van der Waals surface area contributed by atoms with Gasteiger partial charge in [-0.3, -0.25) is 0 Å². The van der Waals surface area contributed by atoms with Crippen LogP contribution in [0, 0.1) is 13.8 Å². The second-order valence-electron chi connectivity index (χ2n) is 8.34. The van der Waals surface area contributed by atoms with E-state index >= 15 is 0 Å². The number of thiophene rings is 2. The third-order valence-electron chi connectivity index (χ3n) is 6.07. The molecule has 6 rings (SSSR count). The molecule has 4 aromatic carbocycles. The quantitative estimate of drug-likeness (QED) is 0.254. The van der Waals surface area contributed by atoms with Crippen LogP contribution in [0.1, 0.15) is 11.1 Å². The van der Waals surface area contributed by atoms with Crippen LogP contribution in [0.2, 0.25) is 0 Å². The monoisotopic (exact) mass is 446 g/mol. The van der Waals surface area contributed by atoms with Crippen molar-refractivity contribution >= 4 is 44.2 Å². The van der Waals surface area contributed by atoms with Crippen molar-refractivity contribution in [2.45, 2.75) is 13.8 Å². The second-order valence-corrected chi connectivity index (χ2v) is 10.4. The summed E-state index contributed by atoms with van der Waals surface area (Å²) in [7, 11) is 0. The van der Waals surface area contributed by atoms with E-state index in [0.717, 1.165) is 0 Å². The van der Waals surface area contributed by atoms with Crippen LogP contribution < -0.4 is 0 Å². The molecule has 0 radical (unpaired) electrons. The van der Waals surface area contributed by atoms with Gasteiger partial charge in [-0.2, -0.15) is 0 Å². The Kier molecular flexibility index (Phi) is 4.71. The van der Waals surface area contributed by atoms with Crippen LogP contribution >= 0.6 is 22.7 Å². The number of hydrogen-bond donors (Lipinski definition) is 0. The third kappa shape index (κ3) is 3.19. The zero-order valence-electron chi connectivity index (χ0n) is 18.1. The Balaban J connectivity index is 1.63. The Hall–Kier alpha value is -3.20. The Morgan fingerprint density at radius 2 is 0.688 bits per heavy atom. The molecule has 0 nitrogen and oxygen atoms in total. The molecule has 0 N–H and O–H groups in total. The molecule has 0 saturated carbocycles. The van der Waals surface area contributed by atoms with Crippen molar-refractivity contribution in [2.24, 2.45) is 0 Å². The maximum absolute atomic E-state index is 2.28. The van der Waals surface area contributed by atoms with Gasteiger partial charge >= 0.3 is 0 Å². The lowest BCUT2D eigenvalue weighted by Gasteiger charge is -1.99. The summed E-state index contributed by atoms with van der Waals surface area (Å²) >= 11 is 3.84. The van der Waals surface area contributed by atoms with E-state index in [0.29, 0.717) is 0 Å². The molecule has 0 atom stereocenters. The molecule has 0 spiro atoms. The summed E-state index contributed by atoms with van der Waals surface area (Å²) in [5.41, 5.74) is 5.17. The van der Waals surface area contributed by atoms with E-state index in [1.807, 2.05) is 22.7 Å². The van der Waals surface area contributed by atoms with Crippen molar-refractivity contribution in [3.63, 3.8) is 0 Å². The van der Waals surface area contributed by atoms with E-state index in [2.05, 4.69) is 111 Å². The molecule has 0 aliphatic rings. The molecule has 0 fully saturated rings. The van der Waals surface area contributed by atoms with Gasteiger partial charge in [-0.25, -0.2) is 0 Å². The highest BCUT2D eigenvalue weighted by Crippen LogP contribution is 2.51. The van der Waals surface area contributed by atoms with Gasteiger partial charge in [0.25, 0.3) is 0 Å². The van der Waals surface area contributed by atoms with Crippen molar-refractivity contribution in [1.29, 1.82) is 0 Å². The fourth-order valence-corrected chi connectivity index (χ4v) is 7.08. The van der Waals surface area contributed by atoms with Crippen molar-refractivity contribution in [2.75, 3.05) is 0 Å². The molecule has 0 bridgehead atoms. The minimum absolute atomic E-state index is 1.29. The molecule has 2 heteroatoms. The molecular formula is C30H22S2. The van der Waals surface area contributed by atoms with E-state index in [-0.39, 0.29) is 0 Å². The SMILES string of the molecule is Cc1ccc(-c2sc(-c3sc(-c4ccc(C)cc4)c4ccccc34)c3ccccc23)cc1. The average Bonchev–Trinajstić information content (AvgIpc) is 3.39. The van der Waals surface area contributed by atoms with Crippen molar-refractivity contribution < 1.29 is 0 Å². The second kappa shape index (κ2) is 7.74. The van der Waals surface area contributed by atoms with Crippen LogP contribution in [0.5, 0.6) is 0 Å². The summed E-state index contributed by atoms with van der Waals surface area (Å²) in [5, 5.41) is 5.36. The first-order valence-electron chi connectivity index (χ1n) is 10.9. The average molecular weight is 447 g/mol. The predicted molar refractivity (Wildman–Crippen MR) is 143 cm³/mol. The number of fused-ring (bicyclic) bond motifs is 2. The number of rotatable bonds is 3. The summed E-state index contributed by atoms with van der Waals surface area (Å²) < 4.78 is 0. The molecule has 6 aromatic rings. The smallest absolute Gasteiger partial charge is 0.0534 e. The molecule has 154 valence electrons. The highest BCUT2D eigenvalue weighted by Gasteiger charge is 2.20. The van der Waals surface area contributed by atoms with E-state index in [1.165, 1.54) is 63.3 Å². The first-order chi connectivity index (χ1) is 15.7. The molecule has 32 heavy (non-hydrogen) atoms. The van der Waals surface area contributed by atoms with Gasteiger partial charge < -0.3 is 0 Å². The van der Waals surface area contributed by atoms with Crippen LogP contribution in [-0.4, -0.2) is 0 Å². The molecular weight excluding hydrogens is 424 g/mol. The Labute approximate surface area is 196 Å². The van der Waals surface area contributed by atoms with Crippen molar-refractivity contribution in [3.05, 3.63) is 108 Å². The highest BCUT2D eigenvalue weighted by atomic mass is 32.1. The highest BCUT2D eigenvalue weighted by molar-refractivity contribution is 7.27. The topological polar surface area (TPSA) is 0 Å². The molecule has 0 saturated heterocycles. The molecule has 2 aromatic heterocycles. The van der Waals surface area contributed by atoms with Crippen LogP contribution in [0.25, 0.3) is 52.2 Å². The molecule has 0 unspecified atom stereocenters. The Morgan fingerprint density at radius 3 is 1.03 bits per heavy atom. The normalized spacial score (nSPS) is 11.4. The van der Waals surface area contributed by atoms with Gasteiger partial charge in [-0.1, -0.05) is 108 Å². The van der Waals surface area contributed by atoms with Crippen LogP contribution in [0.4, 0.5) is 0 Å². The van der Waals surface area contributed by atoms with Gasteiger partial charge in [0.05, 0.1) is 9.75 Å². The molecule has 2 heterocycles. The number of hydrogen-bond acceptors (Lipinski definition) is 2. The predicted octanol–water partition coefficient (Wildman–Crippen LogP) is 9.73. The van der Waals surface area contributed by atoms with E-state index < -0.39 is 0 Å². The van der Waals surface area contributed by atoms with E-state index in [1.54, 1.807) is 0 Å². The summed E-state index contributed by atoms with van der Waals surface area (Å²) in [6, 6.07) is 35.6. The fourth-order valence-electron chi connectivity index (χ4n) is 4.36. The van der Waals surface area contributed by atoms with Crippen LogP contribution in [0.3, 0.4) is 0 Å². The fraction of sp³-hybridized carbons (Fsp3) is 0.0667. The summed E-state index contributed by atoms with van der Waals surface area (Å²) in [4.78, 5) is 5.45. The van der Waals surface area contributed by atoms with Crippen LogP contribution in [0.15, 0.2) is 97.1 Å². The third-order valence-corrected chi connectivity index (χ3v) is 8.78. The zero-order valence-corrected chi connectivity index (χ0v) is 19.7. The number of aryl methyl sites for hydroxylation is 2. The maximum atomic E-state index is 2.28. The summed E-state index contributed by atoms with van der Waals surface area (Å²) in [5.74, 6) is 0. The standard InChI is InChI=1S/C30H22S2/c1-19-11-15-21(16-12-19)27-23-7-3-5-9-25(23)29(31-27)30-26-10-6-4-8-24(26)28(32-30)22-17-13-20(2)14-18-22/h3-18H,1-2H3. The Morgan fingerprint density at radius 1 is 0.375 bits per heavy atom. The molecule has 0 aliphatic heterocycles. The number of benzene rings is 4. The van der Waals surface area contributed by atoms with E-state index in [9.17, 15) is 0 Å². The van der Waals surface area contributed by atoms with Gasteiger partial charge in [0.15, 0.2) is 0 Å². The van der Waals surface area contributed by atoms with Crippen molar-refractivity contribution in [3.8, 4) is 30.6 Å².